The summed E-state index contributed by atoms with van der Waals surface area (Å²) in [6.07, 6.45) is 1.08. The molecule has 0 aliphatic rings. The molecule has 0 aromatic carbocycles. The number of aromatic nitrogens is 4. The summed E-state index contributed by atoms with van der Waals surface area (Å²) < 4.78 is 0.947. The van der Waals surface area contributed by atoms with Gasteiger partial charge in [0.1, 0.15) is 17.2 Å². The fraction of sp³-hybridized carbons (Fsp3) is 0.455. The minimum atomic E-state index is 0.720. The quantitative estimate of drug-likeness (QED) is 0.821. The third kappa shape index (κ3) is 3.92. The van der Waals surface area contributed by atoms with Gasteiger partial charge in [-0.2, -0.15) is 0 Å². The number of rotatable bonds is 6. The maximum absolute atomic E-state index is 4.48. The maximum Gasteiger partial charge on any atom is 0.174 e. The summed E-state index contributed by atoms with van der Waals surface area (Å²) in [5.41, 5.74) is 2.71. The highest BCUT2D eigenvalue weighted by atomic mass is 32.2. The first-order chi connectivity index (χ1) is 8.78. The van der Waals surface area contributed by atoms with E-state index >= 15 is 0 Å². The van der Waals surface area contributed by atoms with Crippen LogP contribution in [0.1, 0.15) is 24.9 Å². The van der Waals surface area contributed by atoms with Crippen LogP contribution >= 0.6 is 23.1 Å². The molecule has 1 N–H and O–H groups in total. The lowest BCUT2D eigenvalue weighted by Crippen LogP contribution is -2.05. The van der Waals surface area contributed by atoms with E-state index in [1.165, 1.54) is 11.3 Å². The number of hydrogen-bond donors (Lipinski definition) is 1. The smallest absolute Gasteiger partial charge is 0.174 e. The number of nitrogens with one attached hydrogen (secondary N) is 1. The molecule has 0 amide bonds. The summed E-state index contributed by atoms with van der Waals surface area (Å²) in [5, 5.41) is 11.1. The van der Waals surface area contributed by atoms with Crippen molar-refractivity contribution in [2.75, 3.05) is 11.9 Å². The van der Waals surface area contributed by atoms with Crippen LogP contribution in [-0.2, 0) is 5.75 Å². The van der Waals surface area contributed by atoms with E-state index in [2.05, 4.69) is 32.4 Å². The van der Waals surface area contributed by atoms with Crippen LogP contribution in [0.15, 0.2) is 15.9 Å². The molecule has 0 radical (unpaired) electrons. The number of hydrogen-bond acceptors (Lipinski definition) is 7. The molecule has 0 aliphatic heterocycles. The van der Waals surface area contributed by atoms with Crippen molar-refractivity contribution in [2.45, 2.75) is 30.4 Å². The normalized spacial score (nSPS) is 10.6. The molecule has 2 aromatic rings. The van der Waals surface area contributed by atoms with Crippen LogP contribution < -0.4 is 5.32 Å². The van der Waals surface area contributed by atoms with E-state index < -0.39 is 0 Å². The van der Waals surface area contributed by atoms with Gasteiger partial charge in [0.25, 0.3) is 0 Å². The van der Waals surface area contributed by atoms with Crippen LogP contribution in [0.25, 0.3) is 0 Å². The van der Waals surface area contributed by atoms with Gasteiger partial charge >= 0.3 is 0 Å². The molecule has 7 heteroatoms. The number of thioether (sulfide) groups is 1. The Kier molecular flexibility index (Phi) is 4.89. The number of anilines is 1. The van der Waals surface area contributed by atoms with Gasteiger partial charge in [0.15, 0.2) is 4.34 Å². The van der Waals surface area contributed by atoms with E-state index in [1.54, 1.807) is 17.3 Å². The van der Waals surface area contributed by atoms with Gasteiger partial charge in [-0.3, -0.25) is 0 Å². The molecular weight excluding hydrogens is 266 g/mol. The minimum Gasteiger partial charge on any atom is -0.370 e. The van der Waals surface area contributed by atoms with Crippen LogP contribution in [0.2, 0.25) is 0 Å². The van der Waals surface area contributed by atoms with Gasteiger partial charge in [-0.15, -0.1) is 10.2 Å². The van der Waals surface area contributed by atoms with Gasteiger partial charge in [-0.25, -0.2) is 9.97 Å². The van der Waals surface area contributed by atoms with Crippen molar-refractivity contribution in [1.29, 1.82) is 0 Å². The fourth-order valence-electron chi connectivity index (χ4n) is 1.39. The molecule has 0 saturated carbocycles. The Morgan fingerprint density at radius 1 is 1.39 bits per heavy atom. The maximum atomic E-state index is 4.48. The van der Waals surface area contributed by atoms with E-state index in [1.807, 2.05) is 13.0 Å². The number of aryl methyl sites for hydroxylation is 1. The molecule has 18 heavy (non-hydrogen) atoms. The first kappa shape index (κ1) is 13.2. The molecule has 0 unspecified atom stereocenters. The molecule has 0 aliphatic carbocycles. The Balaban J connectivity index is 2.00. The van der Waals surface area contributed by atoms with Crippen LogP contribution in [0, 0.1) is 6.92 Å². The first-order valence-corrected chi connectivity index (χ1v) is 7.62. The molecule has 0 atom stereocenters. The fourth-order valence-corrected chi connectivity index (χ4v) is 2.73. The predicted molar refractivity (Wildman–Crippen MR) is 75.0 cm³/mol. The summed E-state index contributed by atoms with van der Waals surface area (Å²) in [6, 6.07) is 1.97. The van der Waals surface area contributed by atoms with E-state index in [9.17, 15) is 0 Å². The molecule has 2 heterocycles. The van der Waals surface area contributed by atoms with Crippen LogP contribution in [0.5, 0.6) is 0 Å². The van der Waals surface area contributed by atoms with Crippen LogP contribution in [-0.4, -0.2) is 26.7 Å². The first-order valence-electron chi connectivity index (χ1n) is 5.75. The second kappa shape index (κ2) is 6.65. The van der Waals surface area contributed by atoms with Crippen molar-refractivity contribution >= 4 is 28.9 Å². The minimum absolute atomic E-state index is 0.720. The van der Waals surface area contributed by atoms with Crippen molar-refractivity contribution in [2.24, 2.45) is 0 Å². The van der Waals surface area contributed by atoms with Gasteiger partial charge in [0.05, 0.1) is 5.75 Å². The van der Waals surface area contributed by atoms with Crippen molar-refractivity contribution in [3.05, 3.63) is 23.1 Å². The third-order valence-electron chi connectivity index (χ3n) is 2.12. The van der Waals surface area contributed by atoms with Gasteiger partial charge in [-0.1, -0.05) is 30.0 Å². The van der Waals surface area contributed by atoms with Gasteiger partial charge < -0.3 is 5.32 Å². The highest BCUT2D eigenvalue weighted by Crippen LogP contribution is 2.22. The van der Waals surface area contributed by atoms with Gasteiger partial charge in [-0.05, 0) is 13.3 Å². The Labute approximate surface area is 114 Å². The largest absolute Gasteiger partial charge is 0.370 e. The summed E-state index contributed by atoms with van der Waals surface area (Å²) in [5.74, 6) is 2.45. The van der Waals surface area contributed by atoms with Crippen LogP contribution in [0.3, 0.4) is 0 Å². The molecule has 0 bridgehead atoms. The van der Waals surface area contributed by atoms with Crippen molar-refractivity contribution in [3.63, 3.8) is 0 Å². The summed E-state index contributed by atoms with van der Waals surface area (Å²) >= 11 is 3.15. The Hall–Kier alpha value is -1.21. The molecule has 96 valence electrons. The lowest BCUT2D eigenvalue weighted by atomic mass is 10.4. The Morgan fingerprint density at radius 2 is 2.28 bits per heavy atom. The van der Waals surface area contributed by atoms with Crippen molar-refractivity contribution in [1.82, 2.24) is 20.2 Å². The average molecular weight is 281 g/mol. The average Bonchev–Trinajstić information content (AvgIpc) is 2.86. The predicted octanol–water partition coefficient (Wildman–Crippen LogP) is 2.75. The molecule has 0 spiro atoms. The highest BCUT2D eigenvalue weighted by Gasteiger charge is 2.04. The zero-order valence-corrected chi connectivity index (χ0v) is 12.0. The van der Waals surface area contributed by atoms with Gasteiger partial charge in [0, 0.05) is 18.3 Å². The van der Waals surface area contributed by atoms with Gasteiger partial charge in [0.2, 0.25) is 0 Å². The van der Waals surface area contributed by atoms with E-state index in [0.717, 1.165) is 40.4 Å². The van der Waals surface area contributed by atoms with E-state index in [4.69, 9.17) is 0 Å². The summed E-state index contributed by atoms with van der Waals surface area (Å²) in [6.45, 7) is 5.05. The highest BCUT2D eigenvalue weighted by molar-refractivity contribution is 8.00. The Bertz CT molecular complexity index is 486. The monoisotopic (exact) mass is 281 g/mol. The van der Waals surface area contributed by atoms with Crippen molar-refractivity contribution < 1.29 is 0 Å². The van der Waals surface area contributed by atoms with E-state index in [0.29, 0.717) is 0 Å². The molecule has 0 saturated heterocycles. The second-order valence-electron chi connectivity index (χ2n) is 3.73. The lowest BCUT2D eigenvalue weighted by molar-refractivity contribution is 0.939. The standard InChI is InChI=1S/C11H15N5S2/c1-3-4-12-9-5-8(2)14-10(15-9)6-17-11-16-13-7-18-11/h5,7H,3-4,6H2,1-2H3,(H,12,14,15). The molecule has 2 aromatic heterocycles. The molecule has 5 nitrogen and oxygen atoms in total. The lowest BCUT2D eigenvalue weighted by Gasteiger charge is -2.06. The SMILES string of the molecule is CCCNc1cc(C)nc(CSc2nncs2)n1. The van der Waals surface area contributed by atoms with E-state index in [-0.39, 0.29) is 0 Å². The topological polar surface area (TPSA) is 63.6 Å². The third-order valence-corrected chi connectivity index (χ3v) is 3.98. The van der Waals surface area contributed by atoms with Crippen molar-refractivity contribution in [3.8, 4) is 0 Å². The van der Waals surface area contributed by atoms with Crippen LogP contribution in [0.4, 0.5) is 5.82 Å². The second-order valence-corrected chi connectivity index (χ2v) is 5.79. The zero-order chi connectivity index (χ0) is 12.8. The zero-order valence-electron chi connectivity index (χ0n) is 10.4. The molecule has 0 fully saturated rings. The summed E-state index contributed by atoms with van der Waals surface area (Å²) in [4.78, 5) is 8.91. The molecular formula is C11H15N5S2. The number of nitrogens with zero attached hydrogens (tertiary/aromatic N) is 4. The molecule has 2 rings (SSSR count). The summed E-state index contributed by atoms with van der Waals surface area (Å²) in [7, 11) is 0. The Morgan fingerprint density at radius 3 is 3.00 bits per heavy atom.